The molecular weight excluding hydrogens is 290 g/mol. The Balaban J connectivity index is 2.10. The number of halogens is 1. The van der Waals surface area contributed by atoms with Crippen LogP contribution in [0.3, 0.4) is 0 Å². The van der Waals surface area contributed by atoms with Crippen LogP contribution in [-0.2, 0) is 0 Å². The predicted molar refractivity (Wildman–Crippen MR) is 77.9 cm³/mol. The van der Waals surface area contributed by atoms with E-state index in [4.69, 9.17) is 0 Å². The highest BCUT2D eigenvalue weighted by atomic mass is 79.9. The predicted octanol–water partition coefficient (Wildman–Crippen LogP) is 4.16. The summed E-state index contributed by atoms with van der Waals surface area (Å²) in [5.74, 6) is 0.188. The molecule has 1 aliphatic heterocycles. The zero-order valence-electron chi connectivity index (χ0n) is 10.9. The second-order valence-electron chi connectivity index (χ2n) is 5.02. The van der Waals surface area contributed by atoms with Crippen molar-refractivity contribution in [3.8, 4) is 0 Å². The highest BCUT2D eigenvalue weighted by Crippen LogP contribution is 2.19. The van der Waals surface area contributed by atoms with Gasteiger partial charge in [0.05, 0.1) is 0 Å². The van der Waals surface area contributed by atoms with Gasteiger partial charge in [0.25, 0.3) is 5.91 Å². The largest absolute Gasteiger partial charge is 0.339 e. The van der Waals surface area contributed by atoms with Crippen molar-refractivity contribution in [3.05, 3.63) is 33.8 Å². The monoisotopic (exact) mass is 309 g/mol. The van der Waals surface area contributed by atoms with Gasteiger partial charge in [-0.05, 0) is 43.5 Å². The van der Waals surface area contributed by atoms with Crippen molar-refractivity contribution >= 4 is 21.8 Å². The molecule has 98 valence electrons. The number of rotatable bonds is 1. The van der Waals surface area contributed by atoms with E-state index >= 15 is 0 Å². The Bertz CT molecular complexity index is 423. The summed E-state index contributed by atoms with van der Waals surface area (Å²) in [5.41, 5.74) is 1.93. The summed E-state index contributed by atoms with van der Waals surface area (Å²) < 4.78 is 1.06. The second-order valence-corrected chi connectivity index (χ2v) is 5.88. The van der Waals surface area contributed by atoms with E-state index in [0.717, 1.165) is 41.5 Å². The van der Waals surface area contributed by atoms with Gasteiger partial charge in [0.15, 0.2) is 0 Å². The molecule has 0 aromatic heterocycles. The molecule has 1 aromatic rings. The van der Waals surface area contributed by atoms with E-state index in [-0.39, 0.29) is 5.91 Å². The fraction of sp³-hybridized carbons (Fsp3) is 0.533. The fourth-order valence-electron chi connectivity index (χ4n) is 2.41. The SMILES string of the molecule is Cc1cc(C(=O)N2CCCCCCC2)ccc1Br. The number of likely N-dealkylation sites (tertiary alicyclic amines) is 1. The summed E-state index contributed by atoms with van der Waals surface area (Å²) >= 11 is 3.47. The maximum atomic E-state index is 12.4. The Kier molecular flexibility index (Phi) is 4.81. The third-order valence-corrected chi connectivity index (χ3v) is 4.44. The standard InChI is InChI=1S/C15H20BrNO/c1-12-11-13(7-8-14(12)16)15(18)17-9-5-3-2-4-6-10-17/h7-8,11H,2-6,9-10H2,1H3. The van der Waals surface area contributed by atoms with Gasteiger partial charge < -0.3 is 4.90 Å². The van der Waals surface area contributed by atoms with Crippen molar-refractivity contribution in [1.29, 1.82) is 0 Å². The van der Waals surface area contributed by atoms with Crippen molar-refractivity contribution in [1.82, 2.24) is 4.90 Å². The summed E-state index contributed by atoms with van der Waals surface area (Å²) in [7, 11) is 0. The normalized spacial score (nSPS) is 17.1. The van der Waals surface area contributed by atoms with Crippen LogP contribution in [-0.4, -0.2) is 23.9 Å². The number of hydrogen-bond donors (Lipinski definition) is 0. The molecule has 0 unspecified atom stereocenters. The van der Waals surface area contributed by atoms with Gasteiger partial charge in [-0.1, -0.05) is 35.2 Å². The van der Waals surface area contributed by atoms with Gasteiger partial charge >= 0.3 is 0 Å². The van der Waals surface area contributed by atoms with E-state index in [0.29, 0.717) is 0 Å². The van der Waals surface area contributed by atoms with Crippen molar-refractivity contribution < 1.29 is 4.79 Å². The number of carbonyl (C=O) groups excluding carboxylic acids is 1. The van der Waals surface area contributed by atoms with Gasteiger partial charge in [0.2, 0.25) is 0 Å². The van der Waals surface area contributed by atoms with Gasteiger partial charge in [0, 0.05) is 23.1 Å². The lowest BCUT2D eigenvalue weighted by Gasteiger charge is -2.25. The molecule has 18 heavy (non-hydrogen) atoms. The molecule has 1 aliphatic rings. The molecule has 0 N–H and O–H groups in total. The Morgan fingerprint density at radius 3 is 2.33 bits per heavy atom. The van der Waals surface area contributed by atoms with Crippen molar-refractivity contribution in [3.63, 3.8) is 0 Å². The van der Waals surface area contributed by atoms with Crippen LogP contribution in [0.1, 0.15) is 48.0 Å². The molecule has 0 radical (unpaired) electrons. The van der Waals surface area contributed by atoms with Crippen LogP contribution >= 0.6 is 15.9 Å². The van der Waals surface area contributed by atoms with Crippen LogP contribution < -0.4 is 0 Å². The molecule has 0 aliphatic carbocycles. The number of nitrogens with zero attached hydrogens (tertiary/aromatic N) is 1. The maximum absolute atomic E-state index is 12.4. The maximum Gasteiger partial charge on any atom is 0.253 e. The molecule has 0 saturated carbocycles. The van der Waals surface area contributed by atoms with Crippen molar-refractivity contribution in [2.75, 3.05) is 13.1 Å². The molecule has 2 nitrogen and oxygen atoms in total. The van der Waals surface area contributed by atoms with E-state index in [9.17, 15) is 4.79 Å². The van der Waals surface area contributed by atoms with Crippen LogP contribution in [0.4, 0.5) is 0 Å². The van der Waals surface area contributed by atoms with Gasteiger partial charge in [-0.3, -0.25) is 4.79 Å². The minimum atomic E-state index is 0.188. The molecule has 1 aromatic carbocycles. The molecular formula is C15H20BrNO. The smallest absolute Gasteiger partial charge is 0.253 e. The summed E-state index contributed by atoms with van der Waals surface area (Å²) in [6, 6.07) is 5.86. The lowest BCUT2D eigenvalue weighted by molar-refractivity contribution is 0.0742. The molecule has 1 heterocycles. The van der Waals surface area contributed by atoms with E-state index in [2.05, 4.69) is 15.9 Å². The number of carbonyl (C=O) groups is 1. The highest BCUT2D eigenvalue weighted by molar-refractivity contribution is 9.10. The average molecular weight is 310 g/mol. The molecule has 1 amide bonds. The Labute approximate surface area is 117 Å². The minimum Gasteiger partial charge on any atom is -0.339 e. The first-order valence-electron chi connectivity index (χ1n) is 6.74. The topological polar surface area (TPSA) is 20.3 Å². The average Bonchev–Trinajstić information content (AvgIpc) is 2.31. The quantitative estimate of drug-likeness (QED) is 0.762. The summed E-state index contributed by atoms with van der Waals surface area (Å²) in [6.07, 6.45) is 6.11. The third-order valence-electron chi connectivity index (χ3n) is 3.55. The van der Waals surface area contributed by atoms with Crippen LogP contribution in [0, 0.1) is 6.92 Å². The zero-order chi connectivity index (χ0) is 13.0. The molecule has 0 atom stereocenters. The first-order valence-corrected chi connectivity index (χ1v) is 7.53. The van der Waals surface area contributed by atoms with Crippen LogP contribution in [0.25, 0.3) is 0 Å². The lowest BCUT2D eigenvalue weighted by Crippen LogP contribution is -2.33. The van der Waals surface area contributed by atoms with E-state index < -0.39 is 0 Å². The molecule has 0 spiro atoms. The third kappa shape index (κ3) is 3.35. The van der Waals surface area contributed by atoms with Gasteiger partial charge in [-0.25, -0.2) is 0 Å². The van der Waals surface area contributed by atoms with Crippen molar-refractivity contribution in [2.45, 2.75) is 39.0 Å². The van der Waals surface area contributed by atoms with Crippen molar-refractivity contribution in [2.24, 2.45) is 0 Å². The Morgan fingerprint density at radius 2 is 1.72 bits per heavy atom. The number of amides is 1. The summed E-state index contributed by atoms with van der Waals surface area (Å²) in [4.78, 5) is 14.5. The minimum absolute atomic E-state index is 0.188. The van der Waals surface area contributed by atoms with Crippen LogP contribution in [0.2, 0.25) is 0 Å². The summed E-state index contributed by atoms with van der Waals surface area (Å²) in [6.45, 7) is 3.84. The molecule has 1 saturated heterocycles. The molecule has 0 bridgehead atoms. The first-order chi connectivity index (χ1) is 8.68. The molecule has 2 rings (SSSR count). The molecule has 3 heteroatoms. The second kappa shape index (κ2) is 6.37. The van der Waals surface area contributed by atoms with Crippen LogP contribution in [0.15, 0.2) is 22.7 Å². The highest BCUT2D eigenvalue weighted by Gasteiger charge is 2.16. The van der Waals surface area contributed by atoms with E-state index in [1.165, 1.54) is 19.3 Å². The Hall–Kier alpha value is -0.830. The first kappa shape index (κ1) is 13.6. The lowest BCUT2D eigenvalue weighted by atomic mass is 10.1. The molecule has 1 fully saturated rings. The number of hydrogen-bond acceptors (Lipinski definition) is 1. The Morgan fingerprint density at radius 1 is 1.11 bits per heavy atom. The number of aryl methyl sites for hydroxylation is 1. The van der Waals surface area contributed by atoms with Gasteiger partial charge in [-0.2, -0.15) is 0 Å². The van der Waals surface area contributed by atoms with E-state index in [1.54, 1.807) is 0 Å². The summed E-state index contributed by atoms with van der Waals surface area (Å²) in [5, 5.41) is 0. The fourth-order valence-corrected chi connectivity index (χ4v) is 2.66. The number of benzene rings is 1. The van der Waals surface area contributed by atoms with Crippen LogP contribution in [0.5, 0.6) is 0 Å². The zero-order valence-corrected chi connectivity index (χ0v) is 12.5. The van der Waals surface area contributed by atoms with E-state index in [1.807, 2.05) is 30.0 Å². The van der Waals surface area contributed by atoms with Gasteiger partial charge in [0.1, 0.15) is 0 Å². The van der Waals surface area contributed by atoms with Gasteiger partial charge in [-0.15, -0.1) is 0 Å².